The maximum atomic E-state index is 5.32. The Morgan fingerprint density at radius 3 is 2.65 bits per heavy atom. The zero-order chi connectivity index (χ0) is 17.8. The van der Waals surface area contributed by atoms with Gasteiger partial charge in [0, 0.05) is 5.56 Å². The molecule has 0 aliphatic carbocycles. The van der Waals surface area contributed by atoms with Crippen molar-refractivity contribution in [3.8, 4) is 22.8 Å². The largest absolute Gasteiger partial charge is 0.497 e. The summed E-state index contributed by atoms with van der Waals surface area (Å²) >= 11 is 1.42. The van der Waals surface area contributed by atoms with Crippen molar-refractivity contribution in [1.29, 1.82) is 0 Å². The SMILES string of the molecule is COc1ccc(-n2nnnc2SCc2nc(-c3ccccc3)no2)cc1. The normalized spacial score (nSPS) is 10.8. The van der Waals surface area contributed by atoms with E-state index in [2.05, 4.69) is 25.7 Å². The van der Waals surface area contributed by atoms with E-state index in [4.69, 9.17) is 9.26 Å². The van der Waals surface area contributed by atoms with E-state index in [1.165, 1.54) is 11.8 Å². The van der Waals surface area contributed by atoms with Crippen LogP contribution in [0.25, 0.3) is 17.1 Å². The van der Waals surface area contributed by atoms with Gasteiger partial charge in [0.05, 0.1) is 18.6 Å². The van der Waals surface area contributed by atoms with E-state index in [1.807, 2.05) is 54.6 Å². The Bertz CT molecular complexity index is 984. The van der Waals surface area contributed by atoms with Gasteiger partial charge in [0.1, 0.15) is 5.75 Å². The Kier molecular flexibility index (Phi) is 4.61. The first-order chi connectivity index (χ1) is 12.8. The zero-order valence-electron chi connectivity index (χ0n) is 13.8. The number of methoxy groups -OCH3 is 1. The molecule has 0 amide bonds. The van der Waals surface area contributed by atoms with Crippen LogP contribution in [0.3, 0.4) is 0 Å². The molecule has 0 atom stereocenters. The van der Waals surface area contributed by atoms with E-state index in [9.17, 15) is 0 Å². The number of ether oxygens (including phenoxy) is 1. The molecule has 4 rings (SSSR count). The Balaban J connectivity index is 1.47. The van der Waals surface area contributed by atoms with Crippen LogP contribution in [0.5, 0.6) is 5.75 Å². The predicted molar refractivity (Wildman–Crippen MR) is 95.0 cm³/mol. The fourth-order valence-corrected chi connectivity index (χ4v) is 3.03. The summed E-state index contributed by atoms with van der Waals surface area (Å²) < 4.78 is 12.1. The minimum absolute atomic E-state index is 0.469. The van der Waals surface area contributed by atoms with Crippen molar-refractivity contribution in [2.75, 3.05) is 7.11 Å². The summed E-state index contributed by atoms with van der Waals surface area (Å²) in [4.78, 5) is 4.41. The number of hydrogen-bond acceptors (Lipinski definition) is 8. The van der Waals surface area contributed by atoms with Crippen LogP contribution < -0.4 is 4.74 Å². The minimum atomic E-state index is 0.469. The number of rotatable bonds is 6. The molecule has 0 saturated carbocycles. The van der Waals surface area contributed by atoms with Crippen LogP contribution in [0.1, 0.15) is 5.89 Å². The molecule has 0 bridgehead atoms. The molecule has 0 N–H and O–H groups in total. The Hall–Kier alpha value is -3.20. The third-order valence-corrected chi connectivity index (χ3v) is 4.49. The van der Waals surface area contributed by atoms with E-state index < -0.39 is 0 Å². The summed E-state index contributed by atoms with van der Waals surface area (Å²) in [6, 6.07) is 17.2. The van der Waals surface area contributed by atoms with E-state index in [0.29, 0.717) is 22.6 Å². The molecular weight excluding hydrogens is 352 g/mol. The van der Waals surface area contributed by atoms with Gasteiger partial charge in [-0.2, -0.15) is 9.67 Å². The van der Waals surface area contributed by atoms with Gasteiger partial charge in [-0.25, -0.2) is 0 Å². The molecule has 2 aromatic carbocycles. The van der Waals surface area contributed by atoms with E-state index >= 15 is 0 Å². The van der Waals surface area contributed by atoms with Gasteiger partial charge in [0.25, 0.3) is 0 Å². The van der Waals surface area contributed by atoms with Gasteiger partial charge >= 0.3 is 0 Å². The second-order valence-electron chi connectivity index (χ2n) is 5.24. The first-order valence-electron chi connectivity index (χ1n) is 7.77. The summed E-state index contributed by atoms with van der Waals surface area (Å²) in [7, 11) is 1.63. The fourth-order valence-electron chi connectivity index (χ4n) is 2.30. The highest BCUT2D eigenvalue weighted by molar-refractivity contribution is 7.98. The quantitative estimate of drug-likeness (QED) is 0.481. The summed E-state index contributed by atoms with van der Waals surface area (Å²) in [5, 5.41) is 16.5. The number of nitrogens with zero attached hydrogens (tertiary/aromatic N) is 6. The van der Waals surface area contributed by atoms with Gasteiger partial charge in [0.15, 0.2) is 0 Å². The van der Waals surface area contributed by atoms with Crippen molar-refractivity contribution in [3.05, 3.63) is 60.5 Å². The molecule has 0 fully saturated rings. The van der Waals surface area contributed by atoms with Crippen LogP contribution in [0.4, 0.5) is 0 Å². The summed E-state index contributed by atoms with van der Waals surface area (Å²) in [6.45, 7) is 0. The van der Waals surface area contributed by atoms with Crippen molar-refractivity contribution in [3.63, 3.8) is 0 Å². The first kappa shape index (κ1) is 16.3. The highest BCUT2D eigenvalue weighted by Gasteiger charge is 2.13. The van der Waals surface area contributed by atoms with Crippen molar-refractivity contribution in [1.82, 2.24) is 30.3 Å². The average Bonchev–Trinajstić information content (AvgIpc) is 3.36. The second-order valence-corrected chi connectivity index (χ2v) is 6.18. The van der Waals surface area contributed by atoms with Crippen molar-refractivity contribution in [2.24, 2.45) is 0 Å². The van der Waals surface area contributed by atoms with Crippen LogP contribution in [0.2, 0.25) is 0 Å². The van der Waals surface area contributed by atoms with Crippen LogP contribution >= 0.6 is 11.8 Å². The van der Waals surface area contributed by atoms with Gasteiger partial charge in [0.2, 0.25) is 16.9 Å². The Labute approximate surface area is 153 Å². The smallest absolute Gasteiger partial charge is 0.237 e. The highest BCUT2D eigenvalue weighted by Crippen LogP contribution is 2.24. The van der Waals surface area contributed by atoms with Crippen molar-refractivity contribution >= 4 is 11.8 Å². The molecule has 9 heteroatoms. The maximum Gasteiger partial charge on any atom is 0.237 e. The predicted octanol–water partition coefficient (Wildman–Crippen LogP) is 3.01. The molecule has 26 heavy (non-hydrogen) atoms. The second kappa shape index (κ2) is 7.36. The molecule has 0 spiro atoms. The highest BCUT2D eigenvalue weighted by atomic mass is 32.2. The average molecular weight is 366 g/mol. The number of benzene rings is 2. The van der Waals surface area contributed by atoms with Gasteiger partial charge < -0.3 is 9.26 Å². The third kappa shape index (κ3) is 3.42. The van der Waals surface area contributed by atoms with Gasteiger partial charge in [-0.15, -0.1) is 5.10 Å². The Morgan fingerprint density at radius 1 is 1.08 bits per heavy atom. The fraction of sp³-hybridized carbons (Fsp3) is 0.118. The number of thioether (sulfide) groups is 1. The van der Waals surface area contributed by atoms with Gasteiger partial charge in [-0.05, 0) is 34.7 Å². The van der Waals surface area contributed by atoms with E-state index in [-0.39, 0.29) is 0 Å². The lowest BCUT2D eigenvalue weighted by Crippen LogP contribution is -1.99. The monoisotopic (exact) mass is 366 g/mol. The standard InChI is InChI=1S/C17H14N6O2S/c1-24-14-9-7-13(8-10-14)23-17(19-21-22-23)26-11-15-18-16(20-25-15)12-5-3-2-4-6-12/h2-10H,11H2,1H3. The lowest BCUT2D eigenvalue weighted by molar-refractivity contribution is 0.391. The maximum absolute atomic E-state index is 5.32. The van der Waals surface area contributed by atoms with E-state index in [0.717, 1.165) is 17.0 Å². The summed E-state index contributed by atoms with van der Waals surface area (Å²) in [6.07, 6.45) is 0. The van der Waals surface area contributed by atoms with Gasteiger partial charge in [-0.3, -0.25) is 0 Å². The molecular formula is C17H14N6O2S. The molecule has 2 aromatic heterocycles. The molecule has 0 aliphatic heterocycles. The molecule has 4 aromatic rings. The van der Waals surface area contributed by atoms with Crippen molar-refractivity contribution in [2.45, 2.75) is 10.9 Å². The lowest BCUT2D eigenvalue weighted by Gasteiger charge is -2.04. The number of aromatic nitrogens is 6. The molecule has 0 aliphatic rings. The molecule has 2 heterocycles. The number of hydrogen-bond donors (Lipinski definition) is 0. The molecule has 8 nitrogen and oxygen atoms in total. The van der Waals surface area contributed by atoms with Gasteiger partial charge in [-0.1, -0.05) is 47.3 Å². The third-order valence-electron chi connectivity index (χ3n) is 3.58. The molecule has 0 saturated heterocycles. The van der Waals surface area contributed by atoms with Crippen molar-refractivity contribution < 1.29 is 9.26 Å². The van der Waals surface area contributed by atoms with Crippen LogP contribution in [-0.4, -0.2) is 37.5 Å². The van der Waals surface area contributed by atoms with Crippen LogP contribution in [-0.2, 0) is 5.75 Å². The first-order valence-corrected chi connectivity index (χ1v) is 8.75. The van der Waals surface area contributed by atoms with E-state index in [1.54, 1.807) is 11.8 Å². The molecule has 130 valence electrons. The van der Waals surface area contributed by atoms with Crippen LogP contribution in [0, 0.1) is 0 Å². The molecule has 0 radical (unpaired) electrons. The Morgan fingerprint density at radius 2 is 1.88 bits per heavy atom. The number of tetrazole rings is 1. The zero-order valence-corrected chi connectivity index (χ0v) is 14.6. The van der Waals surface area contributed by atoms with Crippen LogP contribution in [0.15, 0.2) is 64.3 Å². The topological polar surface area (TPSA) is 91.8 Å². The lowest BCUT2D eigenvalue weighted by atomic mass is 10.2. The summed E-state index contributed by atoms with van der Waals surface area (Å²) in [5.74, 6) is 2.32. The summed E-state index contributed by atoms with van der Waals surface area (Å²) in [5.41, 5.74) is 1.75. The minimum Gasteiger partial charge on any atom is -0.497 e. The molecule has 0 unspecified atom stereocenters.